The Morgan fingerprint density at radius 3 is 1.55 bits per heavy atom. The zero-order valence-electron chi connectivity index (χ0n) is 18.8. The van der Waals surface area contributed by atoms with E-state index in [0.29, 0.717) is 13.1 Å². The molecule has 0 unspecified atom stereocenters. The summed E-state index contributed by atoms with van der Waals surface area (Å²) in [5.74, 6) is 0. The summed E-state index contributed by atoms with van der Waals surface area (Å²) in [7, 11) is -3.15. The Morgan fingerprint density at radius 2 is 1.09 bits per heavy atom. The Balaban J connectivity index is 1.32. The third kappa shape index (κ3) is 3.82. The largest absolute Gasteiger partial charge is 0.282 e. The second-order valence-electron chi connectivity index (χ2n) is 9.57. The van der Waals surface area contributed by atoms with Crippen molar-refractivity contribution in [1.82, 2.24) is 9.34 Å². The van der Waals surface area contributed by atoms with Gasteiger partial charge in [0.1, 0.15) is 0 Å². The van der Waals surface area contributed by atoms with Crippen molar-refractivity contribution in [1.29, 1.82) is 0 Å². The lowest BCUT2D eigenvalue weighted by Gasteiger charge is -2.31. The summed E-state index contributed by atoms with van der Waals surface area (Å²) in [4.78, 5) is 0. The Labute approximate surface area is 195 Å². The van der Waals surface area contributed by atoms with E-state index in [-0.39, 0.29) is 12.1 Å². The molecule has 33 heavy (non-hydrogen) atoms. The molecule has 0 aromatic heterocycles. The average Bonchev–Trinajstić information content (AvgIpc) is 3.05. The quantitative estimate of drug-likeness (QED) is 0.348. The van der Waals surface area contributed by atoms with Crippen molar-refractivity contribution in [2.75, 3.05) is 0 Å². The Bertz CT molecular complexity index is 1270. The fourth-order valence-corrected chi connectivity index (χ4v) is 8.26. The van der Waals surface area contributed by atoms with Gasteiger partial charge in [0.05, 0.1) is 0 Å². The van der Waals surface area contributed by atoms with Gasteiger partial charge in [-0.2, -0.15) is 0 Å². The Hall–Kier alpha value is -2.49. The van der Waals surface area contributed by atoms with Crippen LogP contribution in [0.1, 0.15) is 36.8 Å². The first kappa shape index (κ1) is 21.1. The van der Waals surface area contributed by atoms with Crippen molar-refractivity contribution in [3.05, 3.63) is 96.1 Å². The zero-order valence-corrected chi connectivity index (χ0v) is 19.7. The van der Waals surface area contributed by atoms with Crippen LogP contribution >= 0.6 is 7.59 Å². The average molecular weight is 456 g/mol. The van der Waals surface area contributed by atoms with Crippen LogP contribution in [0.3, 0.4) is 0 Å². The van der Waals surface area contributed by atoms with Crippen molar-refractivity contribution in [2.45, 2.75) is 50.9 Å². The maximum Gasteiger partial charge on any atom is 0.282 e. The van der Waals surface area contributed by atoms with Gasteiger partial charge in [0.15, 0.2) is 0 Å². The molecule has 4 aromatic rings. The molecule has 2 atom stereocenters. The number of hydrogen-bond acceptors (Lipinski definition) is 1. The lowest BCUT2D eigenvalue weighted by Crippen LogP contribution is -2.39. The summed E-state index contributed by atoms with van der Waals surface area (Å²) in [6, 6.07) is 30.4. The molecule has 1 aliphatic carbocycles. The summed E-state index contributed by atoms with van der Waals surface area (Å²) in [5.41, 5.74) is 9.11. The van der Waals surface area contributed by atoms with Gasteiger partial charge < -0.3 is 0 Å². The topological polar surface area (TPSA) is 49.6 Å². The summed E-state index contributed by atoms with van der Waals surface area (Å²) in [6.07, 6.45) is 4.49. The molecule has 0 spiro atoms. The van der Waals surface area contributed by atoms with Crippen LogP contribution < -0.4 is 5.50 Å². The fourth-order valence-electron chi connectivity index (χ4n) is 5.85. The summed E-state index contributed by atoms with van der Waals surface area (Å²) in [6.45, 7) is 1.27. The van der Waals surface area contributed by atoms with E-state index in [1.165, 1.54) is 45.5 Å². The van der Waals surface area contributed by atoms with Gasteiger partial charge in [0, 0.05) is 25.2 Å². The van der Waals surface area contributed by atoms with Crippen LogP contribution in [0.2, 0.25) is 0 Å². The summed E-state index contributed by atoms with van der Waals surface area (Å²) < 4.78 is 18.5. The second-order valence-corrected chi connectivity index (χ2v) is 11.8. The van der Waals surface area contributed by atoms with Crippen LogP contribution in [-0.4, -0.2) is 21.4 Å². The molecule has 1 aliphatic heterocycles. The molecule has 1 saturated carbocycles. The molecule has 0 radical (unpaired) electrons. The molecule has 0 bridgehead atoms. The Morgan fingerprint density at radius 1 is 0.667 bits per heavy atom. The minimum atomic E-state index is -3.15. The van der Waals surface area contributed by atoms with Crippen LogP contribution in [0.15, 0.2) is 84.9 Å². The van der Waals surface area contributed by atoms with Gasteiger partial charge in [-0.15, -0.1) is 0 Å². The molecule has 2 aliphatic rings. The number of rotatable bonds is 4. The first-order chi connectivity index (χ1) is 16.1. The van der Waals surface area contributed by atoms with Crippen molar-refractivity contribution in [2.24, 2.45) is 5.50 Å². The monoisotopic (exact) mass is 455 g/mol. The van der Waals surface area contributed by atoms with Crippen molar-refractivity contribution >= 4 is 29.1 Å². The van der Waals surface area contributed by atoms with E-state index >= 15 is 0 Å². The molecule has 1 saturated heterocycles. The summed E-state index contributed by atoms with van der Waals surface area (Å²) in [5, 5.41) is 4.89. The fraction of sp³-hybridized carbons (Fsp3) is 0.286. The van der Waals surface area contributed by atoms with E-state index in [2.05, 4.69) is 94.3 Å². The van der Waals surface area contributed by atoms with Crippen molar-refractivity contribution < 1.29 is 4.57 Å². The maximum absolute atomic E-state index is 14.2. The van der Waals surface area contributed by atoms with Crippen LogP contribution in [0.25, 0.3) is 21.5 Å². The molecule has 1 heterocycles. The highest BCUT2D eigenvalue weighted by Crippen LogP contribution is 2.59. The van der Waals surface area contributed by atoms with E-state index < -0.39 is 7.59 Å². The number of benzene rings is 4. The third-order valence-corrected chi connectivity index (χ3v) is 9.86. The Kier molecular flexibility index (Phi) is 5.35. The highest BCUT2D eigenvalue weighted by molar-refractivity contribution is 7.56. The van der Waals surface area contributed by atoms with E-state index in [1.807, 2.05) is 0 Å². The van der Waals surface area contributed by atoms with Gasteiger partial charge in [-0.05, 0) is 57.6 Å². The highest BCUT2D eigenvalue weighted by atomic mass is 31.2. The molecule has 2 N–H and O–H groups in total. The normalized spacial score (nSPS) is 23.2. The lowest BCUT2D eigenvalue weighted by atomic mass is 9.90. The predicted octanol–water partition coefficient (Wildman–Crippen LogP) is 6.69. The van der Waals surface area contributed by atoms with Crippen LogP contribution in [0.5, 0.6) is 0 Å². The van der Waals surface area contributed by atoms with Crippen LogP contribution in [0, 0.1) is 0 Å². The first-order valence-corrected chi connectivity index (χ1v) is 13.7. The minimum absolute atomic E-state index is 0.251. The molecule has 6 rings (SSSR count). The smallest absolute Gasteiger partial charge is 0.271 e. The molecule has 4 nitrogen and oxygen atoms in total. The highest BCUT2D eigenvalue weighted by Gasteiger charge is 2.53. The van der Waals surface area contributed by atoms with Gasteiger partial charge in [-0.1, -0.05) is 85.6 Å². The van der Waals surface area contributed by atoms with Gasteiger partial charge in [-0.3, -0.25) is 10.1 Å². The number of fused-ring (bicyclic) bond motifs is 3. The number of hydrogen-bond donors (Lipinski definition) is 1. The molecular weight excluding hydrogens is 425 g/mol. The zero-order chi connectivity index (χ0) is 22.4. The SMILES string of the molecule is NP1(=O)N(Cc2ccc3ccccc3c2)[C@H]2CCCC[C@@H]2N1Cc1ccc2ccccc2c1. The molecule has 168 valence electrons. The number of nitrogens with two attached hydrogens (primary N) is 1. The van der Waals surface area contributed by atoms with Gasteiger partial charge in [-0.25, -0.2) is 9.34 Å². The standard InChI is InChI=1S/C28H30N3OP/c29-33(32)30(19-21-13-15-23-7-1-3-9-25(23)17-21)27-11-5-6-12-28(27)31(33)20-22-14-16-24-8-2-4-10-26(24)18-22/h1-4,7-10,13-18,27-28H,5-6,11-12,19-20H2,(H2,29,32)/t27-,28-/m0/s1. The van der Waals surface area contributed by atoms with E-state index in [9.17, 15) is 4.57 Å². The van der Waals surface area contributed by atoms with E-state index in [0.717, 1.165) is 12.8 Å². The molecule has 4 aromatic carbocycles. The molecule has 5 heteroatoms. The van der Waals surface area contributed by atoms with E-state index in [1.54, 1.807) is 0 Å². The maximum atomic E-state index is 14.2. The van der Waals surface area contributed by atoms with Crippen molar-refractivity contribution in [3.63, 3.8) is 0 Å². The molecule has 2 fully saturated rings. The summed E-state index contributed by atoms with van der Waals surface area (Å²) >= 11 is 0. The van der Waals surface area contributed by atoms with Crippen molar-refractivity contribution in [3.8, 4) is 0 Å². The van der Waals surface area contributed by atoms with Gasteiger partial charge in [0.25, 0.3) is 7.59 Å². The van der Waals surface area contributed by atoms with Crippen LogP contribution in [-0.2, 0) is 17.7 Å². The first-order valence-electron chi connectivity index (χ1n) is 12.0. The van der Waals surface area contributed by atoms with E-state index in [4.69, 9.17) is 5.50 Å². The second kappa shape index (κ2) is 8.38. The van der Waals surface area contributed by atoms with Gasteiger partial charge in [0.2, 0.25) is 0 Å². The third-order valence-electron chi connectivity index (χ3n) is 7.51. The predicted molar refractivity (Wildman–Crippen MR) is 137 cm³/mol. The van der Waals surface area contributed by atoms with Gasteiger partial charge >= 0.3 is 0 Å². The molecule has 0 amide bonds. The number of nitrogens with zero attached hydrogens (tertiary/aromatic N) is 2. The van der Waals surface area contributed by atoms with Crippen LogP contribution in [0.4, 0.5) is 0 Å². The minimum Gasteiger partial charge on any atom is -0.271 e. The lowest BCUT2D eigenvalue weighted by molar-refractivity contribution is 0.197. The molecular formula is C28H30N3OP.